The maximum atomic E-state index is 12.2. The molecule has 0 fully saturated rings. The van der Waals surface area contributed by atoms with Gasteiger partial charge in [-0.05, 0) is 12.8 Å². The summed E-state index contributed by atoms with van der Waals surface area (Å²) < 4.78 is 4.60. The normalized spacial score (nSPS) is 12.7. The summed E-state index contributed by atoms with van der Waals surface area (Å²) in [4.78, 5) is 59.2. The lowest BCUT2D eigenvalue weighted by molar-refractivity contribution is -0.164. The molecule has 5 N–H and O–H groups in total. The fourth-order valence-corrected chi connectivity index (χ4v) is 2.12. The molecule has 10 nitrogen and oxygen atoms in total. The van der Waals surface area contributed by atoms with Crippen molar-refractivity contribution in [1.29, 1.82) is 0 Å². The molecule has 0 heterocycles. The highest BCUT2D eigenvalue weighted by atomic mass is 32.1. The maximum absolute atomic E-state index is 12.2. The van der Waals surface area contributed by atoms with Crippen molar-refractivity contribution in [2.45, 2.75) is 57.5 Å². The Balaban J connectivity index is 4.92. The maximum Gasteiger partial charge on any atom is 0.333 e. The summed E-state index contributed by atoms with van der Waals surface area (Å²) in [7, 11) is 0. The van der Waals surface area contributed by atoms with Crippen molar-refractivity contribution in [2.75, 3.05) is 12.3 Å². The van der Waals surface area contributed by atoms with Gasteiger partial charge in [0.2, 0.25) is 11.8 Å². The molecule has 0 aliphatic carbocycles. The number of carboxylic acid groups (broad SMARTS) is 1. The third kappa shape index (κ3) is 10.1. The van der Waals surface area contributed by atoms with Crippen molar-refractivity contribution in [3.8, 4) is 0 Å². The second kappa shape index (κ2) is 13.2. The van der Waals surface area contributed by atoms with E-state index in [1.54, 1.807) is 0 Å². The highest BCUT2D eigenvalue weighted by Gasteiger charge is 2.29. The number of unbranched alkanes of at least 4 members (excludes halogenated alkanes) is 2. The lowest BCUT2D eigenvalue weighted by atomic mass is 10.1. The van der Waals surface area contributed by atoms with Gasteiger partial charge in [0.1, 0.15) is 12.6 Å². The number of amides is 2. The van der Waals surface area contributed by atoms with Crippen LogP contribution >= 0.6 is 12.6 Å². The molecule has 0 rings (SSSR count). The van der Waals surface area contributed by atoms with Crippen molar-refractivity contribution < 1.29 is 33.8 Å². The molecule has 0 aromatic heterocycles. The van der Waals surface area contributed by atoms with Crippen LogP contribution in [0.4, 0.5) is 0 Å². The smallest absolute Gasteiger partial charge is 0.333 e. The van der Waals surface area contributed by atoms with Gasteiger partial charge in [-0.2, -0.15) is 12.6 Å². The molecule has 0 aliphatic heterocycles. The fourth-order valence-electron chi connectivity index (χ4n) is 1.96. The first-order chi connectivity index (χ1) is 12.6. The molecule has 0 aromatic carbocycles. The molecular formula is C16H27N3O7S. The summed E-state index contributed by atoms with van der Waals surface area (Å²) in [5, 5.41) is 8.74. The van der Waals surface area contributed by atoms with E-state index in [9.17, 15) is 24.0 Å². The number of carbonyl (C=O) groups is 5. The van der Waals surface area contributed by atoms with E-state index < -0.39 is 54.8 Å². The summed E-state index contributed by atoms with van der Waals surface area (Å²) in [6.45, 7) is 1.15. The highest BCUT2D eigenvalue weighted by Crippen LogP contribution is 2.06. The fraction of sp³-hybridized carbons (Fsp3) is 0.688. The summed E-state index contributed by atoms with van der Waals surface area (Å²) >= 11 is 3.87. The second-order valence-electron chi connectivity index (χ2n) is 5.89. The van der Waals surface area contributed by atoms with E-state index in [1.807, 2.05) is 6.92 Å². The molecular weight excluding hydrogens is 378 g/mol. The van der Waals surface area contributed by atoms with Crippen LogP contribution < -0.4 is 11.5 Å². The van der Waals surface area contributed by atoms with Crippen LogP contribution in [0, 0.1) is 0 Å². The topological polar surface area (TPSA) is 170 Å². The number of hydrogen-bond acceptors (Lipinski definition) is 9. The van der Waals surface area contributed by atoms with Gasteiger partial charge >= 0.3 is 17.9 Å². The number of carboxylic acids is 1. The number of nitrogens with zero attached hydrogens (tertiary/aromatic N) is 1. The van der Waals surface area contributed by atoms with Gasteiger partial charge in [0.15, 0.2) is 0 Å². The highest BCUT2D eigenvalue weighted by molar-refractivity contribution is 7.80. The lowest BCUT2D eigenvalue weighted by Gasteiger charge is -2.22. The van der Waals surface area contributed by atoms with Crippen molar-refractivity contribution in [1.82, 2.24) is 4.90 Å². The SMILES string of the molecule is CCCCCC(=O)OC(=O)CN(C(=O)CC[C@H](N)C(=O)O)C(=O)[C@@H](N)CS. The number of hydrogen-bond donors (Lipinski definition) is 4. The van der Waals surface area contributed by atoms with Gasteiger partial charge in [-0.25, -0.2) is 4.79 Å². The van der Waals surface area contributed by atoms with Gasteiger partial charge in [-0.15, -0.1) is 0 Å². The van der Waals surface area contributed by atoms with E-state index in [4.69, 9.17) is 16.6 Å². The monoisotopic (exact) mass is 405 g/mol. The van der Waals surface area contributed by atoms with Gasteiger partial charge in [0.05, 0.1) is 6.04 Å². The molecule has 27 heavy (non-hydrogen) atoms. The van der Waals surface area contributed by atoms with E-state index in [-0.39, 0.29) is 18.6 Å². The van der Waals surface area contributed by atoms with Crippen molar-refractivity contribution in [2.24, 2.45) is 11.5 Å². The van der Waals surface area contributed by atoms with Gasteiger partial charge in [0.25, 0.3) is 0 Å². The summed E-state index contributed by atoms with van der Waals surface area (Å²) in [5.41, 5.74) is 10.9. The minimum Gasteiger partial charge on any atom is -0.480 e. The number of rotatable bonds is 12. The Morgan fingerprint density at radius 1 is 1.04 bits per heavy atom. The number of ether oxygens (including phenoxy) is 1. The predicted octanol–water partition coefficient (Wildman–Crippen LogP) is -0.559. The molecule has 0 saturated heterocycles. The van der Waals surface area contributed by atoms with Gasteiger partial charge in [0, 0.05) is 18.6 Å². The zero-order chi connectivity index (χ0) is 21.0. The first kappa shape index (κ1) is 25.0. The Hall–Kier alpha value is -1.98. The van der Waals surface area contributed by atoms with E-state index >= 15 is 0 Å². The molecule has 11 heteroatoms. The Morgan fingerprint density at radius 2 is 1.67 bits per heavy atom. The van der Waals surface area contributed by atoms with E-state index in [0.717, 1.165) is 12.8 Å². The molecule has 0 saturated carbocycles. The van der Waals surface area contributed by atoms with Crippen LogP contribution in [0.5, 0.6) is 0 Å². The largest absolute Gasteiger partial charge is 0.480 e. The number of nitrogens with two attached hydrogens (primary N) is 2. The standard InChI is InChI=1S/C16H27N3O7S/c1-2-3-4-5-13(21)26-14(22)8-19(15(23)11(18)9-27)12(20)7-6-10(17)16(24)25/h10-11,27H,2-9,17-18H2,1H3,(H,24,25)/t10-,11-/m0/s1. The van der Waals surface area contributed by atoms with E-state index in [2.05, 4.69) is 17.4 Å². The van der Waals surface area contributed by atoms with Crippen molar-refractivity contribution in [3.63, 3.8) is 0 Å². The van der Waals surface area contributed by atoms with Crippen LogP contribution in [-0.4, -0.2) is 64.1 Å². The Kier molecular flexibility index (Phi) is 12.3. The summed E-state index contributed by atoms with van der Waals surface area (Å²) in [5.74, 6) is -4.93. The lowest BCUT2D eigenvalue weighted by Crippen LogP contribution is -2.50. The van der Waals surface area contributed by atoms with Crippen LogP contribution in [0.25, 0.3) is 0 Å². The van der Waals surface area contributed by atoms with Crippen molar-refractivity contribution in [3.05, 3.63) is 0 Å². The van der Waals surface area contributed by atoms with Crippen LogP contribution in [0.1, 0.15) is 45.4 Å². The molecule has 0 aromatic rings. The Morgan fingerprint density at radius 3 is 2.19 bits per heavy atom. The van der Waals surface area contributed by atoms with Gasteiger partial charge in [-0.3, -0.25) is 24.1 Å². The number of imide groups is 1. The summed E-state index contributed by atoms with van der Waals surface area (Å²) in [6.07, 6.45) is 1.66. The first-order valence-corrected chi connectivity index (χ1v) is 9.19. The average Bonchev–Trinajstić information content (AvgIpc) is 2.62. The van der Waals surface area contributed by atoms with Crippen LogP contribution in [0.3, 0.4) is 0 Å². The second-order valence-corrected chi connectivity index (χ2v) is 6.26. The molecule has 0 spiro atoms. The van der Waals surface area contributed by atoms with Gasteiger partial charge in [-0.1, -0.05) is 19.8 Å². The average molecular weight is 405 g/mol. The first-order valence-electron chi connectivity index (χ1n) is 8.56. The number of carbonyl (C=O) groups excluding carboxylic acids is 4. The molecule has 2 amide bonds. The molecule has 0 radical (unpaired) electrons. The number of thiol groups is 1. The van der Waals surface area contributed by atoms with Crippen LogP contribution in [0.2, 0.25) is 0 Å². The van der Waals surface area contributed by atoms with E-state index in [0.29, 0.717) is 11.3 Å². The van der Waals surface area contributed by atoms with Crippen LogP contribution in [0.15, 0.2) is 0 Å². The third-order valence-corrected chi connectivity index (χ3v) is 3.96. The van der Waals surface area contributed by atoms with Gasteiger partial charge < -0.3 is 21.3 Å². The minimum atomic E-state index is -1.30. The zero-order valence-electron chi connectivity index (χ0n) is 15.3. The summed E-state index contributed by atoms with van der Waals surface area (Å²) in [6, 6.07) is -2.45. The molecule has 2 atom stereocenters. The third-order valence-electron chi connectivity index (χ3n) is 3.57. The molecule has 0 bridgehead atoms. The molecule has 154 valence electrons. The number of aliphatic carboxylic acids is 1. The minimum absolute atomic E-state index is 0.0467. The van der Waals surface area contributed by atoms with Crippen LogP contribution in [-0.2, 0) is 28.7 Å². The number of esters is 2. The quantitative estimate of drug-likeness (QED) is 0.144. The predicted molar refractivity (Wildman–Crippen MR) is 98.6 cm³/mol. The zero-order valence-corrected chi connectivity index (χ0v) is 16.2. The van der Waals surface area contributed by atoms with E-state index in [1.165, 1.54) is 0 Å². The Labute approximate surface area is 163 Å². The molecule has 0 unspecified atom stereocenters. The van der Waals surface area contributed by atoms with Crippen molar-refractivity contribution >= 4 is 42.4 Å². The Bertz CT molecular complexity index is 556. The molecule has 0 aliphatic rings.